The molecule has 0 aromatic carbocycles. The Morgan fingerprint density at radius 1 is 1.59 bits per heavy atom. The lowest BCUT2D eigenvalue weighted by atomic mass is 10.1. The zero-order chi connectivity index (χ0) is 12.4. The van der Waals surface area contributed by atoms with E-state index in [4.69, 9.17) is 5.73 Å². The zero-order valence-corrected chi connectivity index (χ0v) is 10.1. The maximum absolute atomic E-state index is 11.4. The third-order valence-electron chi connectivity index (χ3n) is 3.17. The van der Waals surface area contributed by atoms with Gasteiger partial charge in [-0.25, -0.2) is 9.78 Å². The number of nitrogens with two attached hydrogens (primary N) is 1. The van der Waals surface area contributed by atoms with Crippen LogP contribution in [0.15, 0.2) is 18.3 Å². The summed E-state index contributed by atoms with van der Waals surface area (Å²) in [6.45, 7) is 3.85. The van der Waals surface area contributed by atoms with E-state index in [1.165, 1.54) is 7.11 Å². The van der Waals surface area contributed by atoms with E-state index in [2.05, 4.69) is 21.5 Å². The number of methoxy groups -OCH3 is 1. The molecule has 0 bridgehead atoms. The van der Waals surface area contributed by atoms with E-state index in [9.17, 15) is 4.79 Å². The van der Waals surface area contributed by atoms with Crippen molar-refractivity contribution >= 4 is 11.7 Å². The van der Waals surface area contributed by atoms with Gasteiger partial charge in [0.1, 0.15) is 5.69 Å². The summed E-state index contributed by atoms with van der Waals surface area (Å²) in [5, 5.41) is 0. The van der Waals surface area contributed by atoms with Gasteiger partial charge < -0.3 is 15.4 Å². The van der Waals surface area contributed by atoms with Crippen molar-refractivity contribution < 1.29 is 9.53 Å². The highest BCUT2D eigenvalue weighted by molar-refractivity contribution is 5.88. The van der Waals surface area contributed by atoms with Crippen molar-refractivity contribution in [1.82, 2.24) is 4.98 Å². The predicted molar refractivity (Wildman–Crippen MR) is 64.9 cm³/mol. The van der Waals surface area contributed by atoms with Crippen LogP contribution in [0.4, 0.5) is 5.69 Å². The molecule has 5 nitrogen and oxygen atoms in total. The first-order valence-corrected chi connectivity index (χ1v) is 5.66. The fraction of sp³-hybridized carbons (Fsp3) is 0.500. The number of esters is 1. The molecule has 1 saturated heterocycles. The Balaban J connectivity index is 2.19. The minimum Gasteiger partial charge on any atom is -0.464 e. The molecular formula is C12H17N3O2. The minimum absolute atomic E-state index is 0.185. The molecule has 0 saturated carbocycles. The number of hydrogen-bond acceptors (Lipinski definition) is 5. The molecule has 2 atom stereocenters. The Labute approximate surface area is 101 Å². The van der Waals surface area contributed by atoms with Gasteiger partial charge >= 0.3 is 5.97 Å². The van der Waals surface area contributed by atoms with Crippen LogP contribution in [0.2, 0.25) is 0 Å². The highest BCUT2D eigenvalue weighted by Gasteiger charge is 2.27. The molecule has 0 amide bonds. The summed E-state index contributed by atoms with van der Waals surface area (Å²) in [7, 11) is 1.35. The topological polar surface area (TPSA) is 68.5 Å². The quantitative estimate of drug-likeness (QED) is 0.762. The molecule has 0 radical (unpaired) electrons. The monoisotopic (exact) mass is 235 g/mol. The fourth-order valence-electron chi connectivity index (χ4n) is 2.04. The summed E-state index contributed by atoms with van der Waals surface area (Å²) in [4.78, 5) is 17.5. The molecule has 92 valence electrons. The Kier molecular flexibility index (Phi) is 3.28. The second-order valence-electron chi connectivity index (χ2n) is 4.44. The average Bonchev–Trinajstić information content (AvgIpc) is 2.69. The third kappa shape index (κ3) is 2.39. The number of pyridine rings is 1. The van der Waals surface area contributed by atoms with E-state index in [-0.39, 0.29) is 6.04 Å². The lowest BCUT2D eigenvalue weighted by molar-refractivity contribution is 0.0594. The lowest BCUT2D eigenvalue weighted by Crippen LogP contribution is -2.28. The maximum atomic E-state index is 11.4. The van der Waals surface area contributed by atoms with Crippen molar-refractivity contribution in [2.75, 3.05) is 25.1 Å². The number of hydrogen-bond donors (Lipinski definition) is 1. The van der Waals surface area contributed by atoms with Crippen molar-refractivity contribution in [3.63, 3.8) is 0 Å². The fourth-order valence-corrected chi connectivity index (χ4v) is 2.04. The van der Waals surface area contributed by atoms with Crippen LogP contribution in [-0.4, -0.2) is 37.2 Å². The second kappa shape index (κ2) is 4.71. The van der Waals surface area contributed by atoms with Gasteiger partial charge in [-0.1, -0.05) is 6.92 Å². The van der Waals surface area contributed by atoms with Crippen LogP contribution >= 0.6 is 0 Å². The average molecular weight is 235 g/mol. The Bertz CT molecular complexity index is 412. The summed E-state index contributed by atoms with van der Waals surface area (Å²) in [5.74, 6) is 0.0492. The molecule has 1 aliphatic rings. The molecule has 0 spiro atoms. The van der Waals surface area contributed by atoms with E-state index >= 15 is 0 Å². The van der Waals surface area contributed by atoms with Crippen molar-refractivity contribution in [3.05, 3.63) is 24.0 Å². The van der Waals surface area contributed by atoms with Gasteiger partial charge in [-0.3, -0.25) is 0 Å². The molecule has 5 heteroatoms. The van der Waals surface area contributed by atoms with Crippen LogP contribution in [0.1, 0.15) is 17.4 Å². The highest BCUT2D eigenvalue weighted by Crippen LogP contribution is 2.23. The van der Waals surface area contributed by atoms with E-state index in [0.717, 1.165) is 18.8 Å². The molecule has 1 fully saturated rings. The largest absolute Gasteiger partial charge is 0.464 e. The highest BCUT2D eigenvalue weighted by atomic mass is 16.5. The molecule has 2 unspecified atom stereocenters. The number of ether oxygens (including phenoxy) is 1. The number of nitrogens with zero attached hydrogens (tertiary/aromatic N) is 2. The molecule has 2 N–H and O–H groups in total. The molecule has 17 heavy (non-hydrogen) atoms. The summed E-state index contributed by atoms with van der Waals surface area (Å²) < 4.78 is 4.65. The smallest absolute Gasteiger partial charge is 0.356 e. The van der Waals surface area contributed by atoms with Crippen molar-refractivity contribution in [3.8, 4) is 0 Å². The second-order valence-corrected chi connectivity index (χ2v) is 4.44. The number of aromatic nitrogens is 1. The first-order valence-electron chi connectivity index (χ1n) is 5.66. The van der Waals surface area contributed by atoms with Gasteiger partial charge in [-0.05, 0) is 18.1 Å². The van der Waals surface area contributed by atoms with Gasteiger partial charge in [0.25, 0.3) is 0 Å². The molecule has 0 aliphatic carbocycles. The van der Waals surface area contributed by atoms with Crippen molar-refractivity contribution in [2.24, 2.45) is 11.7 Å². The van der Waals surface area contributed by atoms with Crippen LogP contribution in [0.25, 0.3) is 0 Å². The molecule has 1 aliphatic heterocycles. The zero-order valence-electron chi connectivity index (χ0n) is 10.1. The number of anilines is 1. The summed E-state index contributed by atoms with van der Waals surface area (Å²) in [5.41, 5.74) is 7.29. The molecular weight excluding hydrogens is 218 g/mol. The minimum atomic E-state index is -0.414. The van der Waals surface area contributed by atoms with Gasteiger partial charge in [0.15, 0.2) is 0 Å². The molecule has 1 aromatic rings. The summed E-state index contributed by atoms with van der Waals surface area (Å²) in [6.07, 6.45) is 1.62. The lowest BCUT2D eigenvalue weighted by Gasteiger charge is -2.18. The van der Waals surface area contributed by atoms with E-state index in [1.807, 2.05) is 6.07 Å². The SMILES string of the molecule is COC(=O)c1cc(N2CC(C)C(N)C2)ccn1. The van der Waals surface area contributed by atoms with Gasteiger partial charge in [0.05, 0.1) is 7.11 Å². The first-order chi connectivity index (χ1) is 8.11. The van der Waals surface area contributed by atoms with Gasteiger partial charge in [-0.2, -0.15) is 0 Å². The van der Waals surface area contributed by atoms with Gasteiger partial charge in [0.2, 0.25) is 0 Å². The Hall–Kier alpha value is -1.62. The van der Waals surface area contributed by atoms with Crippen LogP contribution in [-0.2, 0) is 4.74 Å². The van der Waals surface area contributed by atoms with Crippen LogP contribution in [0.5, 0.6) is 0 Å². The standard InChI is InChI=1S/C12H17N3O2/c1-8-6-15(7-10(8)13)9-3-4-14-11(5-9)12(16)17-2/h3-5,8,10H,6-7,13H2,1-2H3. The van der Waals surface area contributed by atoms with Crippen LogP contribution < -0.4 is 10.6 Å². The Morgan fingerprint density at radius 3 is 2.94 bits per heavy atom. The van der Waals surface area contributed by atoms with Crippen molar-refractivity contribution in [1.29, 1.82) is 0 Å². The van der Waals surface area contributed by atoms with Gasteiger partial charge in [-0.15, -0.1) is 0 Å². The molecule has 2 heterocycles. The first kappa shape index (κ1) is 11.9. The Morgan fingerprint density at radius 2 is 2.35 bits per heavy atom. The third-order valence-corrected chi connectivity index (χ3v) is 3.17. The number of rotatable bonds is 2. The normalized spacial score (nSPS) is 23.8. The summed E-state index contributed by atoms with van der Waals surface area (Å²) >= 11 is 0. The van der Waals surface area contributed by atoms with Gasteiger partial charge in [0, 0.05) is 31.0 Å². The molecule has 1 aromatic heterocycles. The van der Waals surface area contributed by atoms with Crippen LogP contribution in [0.3, 0.4) is 0 Å². The van der Waals surface area contributed by atoms with Crippen molar-refractivity contribution in [2.45, 2.75) is 13.0 Å². The number of carbonyl (C=O) groups excluding carboxylic acids is 1. The van der Waals surface area contributed by atoms with E-state index in [1.54, 1.807) is 12.3 Å². The molecule has 2 rings (SSSR count). The number of carbonyl (C=O) groups is 1. The van der Waals surface area contributed by atoms with Crippen LogP contribution in [0, 0.1) is 5.92 Å². The van der Waals surface area contributed by atoms with E-state index < -0.39 is 5.97 Å². The van der Waals surface area contributed by atoms with E-state index in [0.29, 0.717) is 11.6 Å². The summed E-state index contributed by atoms with van der Waals surface area (Å²) in [6, 6.07) is 3.82. The predicted octanol–water partition coefficient (Wildman–Crippen LogP) is 0.652. The maximum Gasteiger partial charge on any atom is 0.356 e.